The van der Waals surface area contributed by atoms with E-state index in [9.17, 15) is 4.79 Å². The third-order valence-corrected chi connectivity index (χ3v) is 6.45. The van der Waals surface area contributed by atoms with Crippen LogP contribution in [-0.4, -0.2) is 25.6 Å². The molecule has 0 saturated carbocycles. The number of cyclic esters (lactones) is 1. The van der Waals surface area contributed by atoms with E-state index < -0.39 is 5.97 Å². The maximum Gasteiger partial charge on any atom is 0.363 e. The Kier molecular flexibility index (Phi) is 5.50. The van der Waals surface area contributed by atoms with E-state index in [2.05, 4.69) is 4.99 Å². The van der Waals surface area contributed by atoms with E-state index in [4.69, 9.17) is 37.4 Å². The van der Waals surface area contributed by atoms with E-state index in [1.807, 2.05) is 37.3 Å². The Morgan fingerprint density at radius 2 is 1.93 bits per heavy atom. The molecule has 0 N–H and O–H groups in total. The predicted octanol–water partition coefficient (Wildman–Crippen LogP) is 5.96. The van der Waals surface area contributed by atoms with E-state index in [0.29, 0.717) is 33.0 Å². The van der Waals surface area contributed by atoms with Gasteiger partial charge >= 0.3 is 5.97 Å². The number of methoxy groups -OCH3 is 1. The number of para-hydroxylation sites is 1. The number of halogens is 2. The second-order valence-electron chi connectivity index (χ2n) is 6.01. The van der Waals surface area contributed by atoms with Crippen LogP contribution in [0.1, 0.15) is 17.4 Å². The van der Waals surface area contributed by atoms with Crippen molar-refractivity contribution in [2.24, 2.45) is 4.99 Å². The van der Waals surface area contributed by atoms with Gasteiger partial charge in [0, 0.05) is 10.9 Å². The molecule has 3 aromatic rings. The number of carbonyl (C=O) groups is 1. The standard InChI is InChI=1S/C21H15Cl2NO4S/c1-3-27-14-7-5-4-6-11(14)10-13-21(25)28-20(24-13)19-16(22)12-8-9-15(26-2)17(23)18(12)29-19/h4-10H,3H2,1-2H3/b13-10-. The molecule has 5 nitrogen and oxygen atoms in total. The van der Waals surface area contributed by atoms with Gasteiger partial charge in [0.2, 0.25) is 5.90 Å². The fraction of sp³-hybridized carbons (Fsp3) is 0.143. The van der Waals surface area contributed by atoms with Crippen LogP contribution < -0.4 is 9.47 Å². The highest BCUT2D eigenvalue weighted by Crippen LogP contribution is 2.44. The summed E-state index contributed by atoms with van der Waals surface area (Å²) in [7, 11) is 1.54. The summed E-state index contributed by atoms with van der Waals surface area (Å²) >= 11 is 14.2. The summed E-state index contributed by atoms with van der Waals surface area (Å²) in [6.45, 7) is 2.41. The smallest absolute Gasteiger partial charge is 0.363 e. The summed E-state index contributed by atoms with van der Waals surface area (Å²) in [6, 6.07) is 11.0. The maximum absolute atomic E-state index is 12.4. The summed E-state index contributed by atoms with van der Waals surface area (Å²) < 4.78 is 17.0. The van der Waals surface area contributed by atoms with Crippen molar-refractivity contribution in [1.82, 2.24) is 0 Å². The van der Waals surface area contributed by atoms with Crippen LogP contribution in [0.4, 0.5) is 0 Å². The fourth-order valence-corrected chi connectivity index (χ4v) is 4.73. The number of aliphatic imine (C=N–C) groups is 1. The summed E-state index contributed by atoms with van der Waals surface area (Å²) in [5.41, 5.74) is 0.908. The van der Waals surface area contributed by atoms with Gasteiger partial charge in [0.15, 0.2) is 5.70 Å². The number of rotatable bonds is 5. The van der Waals surface area contributed by atoms with E-state index in [0.717, 1.165) is 15.6 Å². The third-order valence-electron chi connectivity index (χ3n) is 4.25. The van der Waals surface area contributed by atoms with E-state index >= 15 is 0 Å². The van der Waals surface area contributed by atoms with Gasteiger partial charge in [-0.25, -0.2) is 9.79 Å². The lowest BCUT2D eigenvalue weighted by Gasteiger charge is -2.06. The van der Waals surface area contributed by atoms with Crippen LogP contribution in [0.5, 0.6) is 11.5 Å². The van der Waals surface area contributed by atoms with Gasteiger partial charge in [0.1, 0.15) is 21.4 Å². The number of hydrogen-bond donors (Lipinski definition) is 0. The zero-order valence-corrected chi connectivity index (χ0v) is 17.8. The second kappa shape index (κ2) is 8.06. The average Bonchev–Trinajstić information content (AvgIpc) is 3.24. The number of thiophene rings is 1. The molecule has 0 bridgehead atoms. The number of fused-ring (bicyclic) bond motifs is 1. The normalized spacial score (nSPS) is 15.0. The van der Waals surface area contributed by atoms with Crippen LogP contribution in [0.15, 0.2) is 47.1 Å². The molecule has 2 aromatic carbocycles. The Morgan fingerprint density at radius 1 is 1.14 bits per heavy atom. The highest BCUT2D eigenvalue weighted by molar-refractivity contribution is 7.22. The van der Waals surface area contributed by atoms with Gasteiger partial charge in [0.05, 0.1) is 23.4 Å². The lowest BCUT2D eigenvalue weighted by Crippen LogP contribution is -2.04. The first kappa shape index (κ1) is 19.8. The lowest BCUT2D eigenvalue weighted by atomic mass is 10.1. The van der Waals surface area contributed by atoms with Crippen molar-refractivity contribution < 1.29 is 19.0 Å². The minimum Gasteiger partial charge on any atom is -0.495 e. The average molecular weight is 448 g/mol. The van der Waals surface area contributed by atoms with Gasteiger partial charge < -0.3 is 14.2 Å². The molecule has 0 atom stereocenters. The van der Waals surface area contributed by atoms with Gasteiger partial charge in [-0.15, -0.1) is 11.3 Å². The van der Waals surface area contributed by atoms with Crippen molar-refractivity contribution in [3.8, 4) is 11.5 Å². The van der Waals surface area contributed by atoms with Crippen LogP contribution >= 0.6 is 34.5 Å². The maximum atomic E-state index is 12.4. The molecule has 0 saturated heterocycles. The number of esters is 1. The number of ether oxygens (including phenoxy) is 3. The summed E-state index contributed by atoms with van der Waals surface area (Å²) in [6.07, 6.45) is 1.64. The SMILES string of the molecule is CCOc1ccccc1/C=C1\N=C(c2sc3c(Cl)c(OC)ccc3c2Cl)OC1=O. The molecule has 0 amide bonds. The molecular weight excluding hydrogens is 433 g/mol. The molecule has 1 aliphatic rings. The summed E-state index contributed by atoms with van der Waals surface area (Å²) in [5, 5.41) is 1.63. The number of hydrogen-bond acceptors (Lipinski definition) is 6. The highest BCUT2D eigenvalue weighted by atomic mass is 35.5. The molecule has 0 fully saturated rings. The summed E-state index contributed by atoms with van der Waals surface area (Å²) in [4.78, 5) is 17.3. The molecule has 0 aliphatic carbocycles. The topological polar surface area (TPSA) is 57.1 Å². The number of carbonyl (C=O) groups excluding carboxylic acids is 1. The molecule has 29 heavy (non-hydrogen) atoms. The number of nitrogens with zero attached hydrogens (tertiary/aromatic N) is 1. The van der Waals surface area contributed by atoms with Crippen LogP contribution in [0.3, 0.4) is 0 Å². The van der Waals surface area contributed by atoms with Crippen molar-refractivity contribution in [2.45, 2.75) is 6.92 Å². The Balaban J connectivity index is 1.77. The summed E-state index contributed by atoms with van der Waals surface area (Å²) in [5.74, 6) is 0.805. The van der Waals surface area contributed by atoms with Crippen molar-refractivity contribution in [3.05, 3.63) is 62.6 Å². The van der Waals surface area contributed by atoms with Crippen molar-refractivity contribution >= 4 is 62.6 Å². The van der Waals surface area contributed by atoms with Gasteiger partial charge in [-0.05, 0) is 31.2 Å². The first-order valence-electron chi connectivity index (χ1n) is 8.72. The molecular formula is C21H15Cl2NO4S. The second-order valence-corrected chi connectivity index (χ2v) is 7.79. The van der Waals surface area contributed by atoms with E-state index in [1.165, 1.54) is 11.3 Å². The first-order valence-corrected chi connectivity index (χ1v) is 10.3. The van der Waals surface area contributed by atoms with Gasteiger partial charge in [0.25, 0.3) is 0 Å². The minimum absolute atomic E-state index is 0.149. The van der Waals surface area contributed by atoms with E-state index in [-0.39, 0.29) is 11.6 Å². The Morgan fingerprint density at radius 3 is 2.69 bits per heavy atom. The van der Waals surface area contributed by atoms with Crippen molar-refractivity contribution in [2.75, 3.05) is 13.7 Å². The zero-order chi connectivity index (χ0) is 20.5. The molecule has 1 aromatic heterocycles. The fourth-order valence-electron chi connectivity index (χ4n) is 2.92. The molecule has 0 unspecified atom stereocenters. The Labute approximate surface area is 181 Å². The van der Waals surface area contributed by atoms with E-state index in [1.54, 1.807) is 19.3 Å². The molecule has 2 heterocycles. The van der Waals surface area contributed by atoms with Gasteiger partial charge in [-0.2, -0.15) is 0 Å². The molecule has 0 spiro atoms. The van der Waals surface area contributed by atoms with Crippen LogP contribution in [0, 0.1) is 0 Å². The molecule has 1 aliphatic heterocycles. The Bertz CT molecular complexity index is 1180. The quantitative estimate of drug-likeness (QED) is 0.357. The largest absolute Gasteiger partial charge is 0.495 e. The van der Waals surface area contributed by atoms with Gasteiger partial charge in [-0.3, -0.25) is 0 Å². The van der Waals surface area contributed by atoms with Crippen LogP contribution in [-0.2, 0) is 9.53 Å². The number of benzene rings is 2. The minimum atomic E-state index is -0.552. The van der Waals surface area contributed by atoms with Crippen LogP contribution in [0.2, 0.25) is 10.0 Å². The Hall–Kier alpha value is -2.54. The van der Waals surface area contributed by atoms with Gasteiger partial charge in [-0.1, -0.05) is 41.4 Å². The highest BCUT2D eigenvalue weighted by Gasteiger charge is 2.29. The molecule has 4 rings (SSSR count). The molecule has 0 radical (unpaired) electrons. The molecule has 8 heteroatoms. The monoisotopic (exact) mass is 447 g/mol. The predicted molar refractivity (Wildman–Crippen MR) is 117 cm³/mol. The molecule has 148 valence electrons. The first-order chi connectivity index (χ1) is 14.0. The van der Waals surface area contributed by atoms with Crippen molar-refractivity contribution in [3.63, 3.8) is 0 Å². The van der Waals surface area contributed by atoms with Crippen molar-refractivity contribution in [1.29, 1.82) is 0 Å². The lowest BCUT2D eigenvalue weighted by molar-refractivity contribution is -0.129. The van der Waals surface area contributed by atoms with Crippen LogP contribution in [0.25, 0.3) is 16.2 Å². The zero-order valence-electron chi connectivity index (χ0n) is 15.5. The third kappa shape index (κ3) is 3.59.